The molecule has 4 aromatic carbocycles. The molecule has 3 heterocycles. The van der Waals surface area contributed by atoms with Crippen LogP contribution in [0.4, 0.5) is 29.3 Å². The van der Waals surface area contributed by atoms with Crippen LogP contribution in [-0.2, 0) is 27.1 Å². The van der Waals surface area contributed by atoms with Crippen LogP contribution in [0.5, 0.6) is 11.5 Å². The van der Waals surface area contributed by atoms with E-state index in [1.165, 1.54) is 29.7 Å². The number of nitrogens with zero attached hydrogens (tertiary/aromatic N) is 5. The second kappa shape index (κ2) is 21.0. The number of urea groups is 1. The number of hydrogen-bond acceptors (Lipinski definition) is 11. The van der Waals surface area contributed by atoms with Gasteiger partial charge in [-0.15, -0.1) is 11.3 Å². The molecule has 2 aliphatic rings. The fraction of sp³-hybridized carbons (Fsp3) is 0.365. The number of thiazole rings is 1. The van der Waals surface area contributed by atoms with Gasteiger partial charge in [-0.3, -0.25) is 24.1 Å². The first-order valence-corrected chi connectivity index (χ1v) is 23.8. The molecule has 372 valence electrons. The zero-order chi connectivity index (χ0) is 51.4. The minimum Gasteiger partial charge on any atom is -0.494 e. The Hall–Kier alpha value is -7.30. The molecule has 7 rings (SSSR count). The Bertz CT molecular complexity index is 2840. The topological polar surface area (TPSA) is 194 Å². The molecule has 71 heavy (non-hydrogen) atoms. The largest absolute Gasteiger partial charge is 0.494 e. The van der Waals surface area contributed by atoms with Gasteiger partial charge in [0.2, 0.25) is 11.8 Å². The van der Waals surface area contributed by atoms with Gasteiger partial charge in [-0.1, -0.05) is 57.2 Å². The fourth-order valence-corrected chi connectivity index (χ4v) is 9.31. The predicted octanol–water partition coefficient (Wildman–Crippen LogP) is 8.42. The Morgan fingerprint density at radius 1 is 0.944 bits per heavy atom. The summed E-state index contributed by atoms with van der Waals surface area (Å²) >= 11 is 1.55. The number of nitriles is 1. The maximum atomic E-state index is 14.3. The third-order valence-corrected chi connectivity index (χ3v) is 13.3. The molecular weight excluding hydrogens is 940 g/mol. The average molecular weight is 994 g/mol. The van der Waals surface area contributed by atoms with Crippen molar-refractivity contribution in [2.75, 3.05) is 29.6 Å². The summed E-state index contributed by atoms with van der Waals surface area (Å²) in [6, 6.07) is 22.0. The lowest BCUT2D eigenvalue weighted by molar-refractivity contribution is -0.142. The van der Waals surface area contributed by atoms with E-state index in [0.717, 1.165) is 33.8 Å². The number of β-amino-alcohol motifs (C(OH)–C–C–N with tert-alkyl or cyclic N) is 1. The first-order valence-electron chi connectivity index (χ1n) is 22.9. The number of unbranched alkanes of at least 4 members (excludes halogenated alkanes) is 1. The molecule has 0 bridgehead atoms. The number of anilines is 2. The van der Waals surface area contributed by atoms with E-state index < -0.39 is 76.1 Å². The van der Waals surface area contributed by atoms with Crippen LogP contribution in [-0.4, -0.2) is 88.1 Å². The van der Waals surface area contributed by atoms with Crippen LogP contribution in [0.2, 0.25) is 0 Å². The normalized spacial score (nSPS) is 17.2. The van der Waals surface area contributed by atoms with Gasteiger partial charge in [0.05, 0.1) is 63.8 Å². The van der Waals surface area contributed by atoms with Gasteiger partial charge < -0.3 is 30.1 Å². The van der Waals surface area contributed by atoms with E-state index in [1.807, 2.05) is 31.2 Å². The quantitative estimate of drug-likeness (QED) is 0.0638. The highest BCUT2D eigenvalue weighted by atomic mass is 32.1. The fourth-order valence-electron chi connectivity index (χ4n) is 8.50. The number of halogens is 3. The Morgan fingerprint density at radius 3 is 2.24 bits per heavy atom. The van der Waals surface area contributed by atoms with Crippen molar-refractivity contribution in [2.45, 2.75) is 97.3 Å². The lowest BCUT2D eigenvalue weighted by Crippen LogP contribution is -2.57. The second-order valence-corrected chi connectivity index (χ2v) is 19.8. The van der Waals surface area contributed by atoms with Crippen molar-refractivity contribution in [3.8, 4) is 28.0 Å². The van der Waals surface area contributed by atoms with Crippen LogP contribution in [0.15, 0.2) is 96.5 Å². The summed E-state index contributed by atoms with van der Waals surface area (Å²) in [4.78, 5) is 77.5. The predicted molar refractivity (Wildman–Crippen MR) is 260 cm³/mol. The molecule has 19 heteroatoms. The highest BCUT2D eigenvalue weighted by Crippen LogP contribution is 2.40. The van der Waals surface area contributed by atoms with E-state index in [4.69, 9.17) is 9.47 Å². The zero-order valence-electron chi connectivity index (χ0n) is 40.0. The molecule has 3 N–H and O–H groups in total. The average Bonchev–Trinajstić information content (AvgIpc) is 4.00. The number of para-hydroxylation sites is 1. The number of alkyl halides is 3. The van der Waals surface area contributed by atoms with Crippen LogP contribution in [0.1, 0.15) is 86.6 Å². The molecule has 6 amide bonds. The van der Waals surface area contributed by atoms with Crippen LogP contribution >= 0.6 is 11.3 Å². The number of hydrogen-bond donors (Lipinski definition) is 3. The number of aromatic nitrogens is 1. The van der Waals surface area contributed by atoms with E-state index in [2.05, 4.69) is 15.6 Å². The number of aryl methyl sites for hydroxylation is 1. The van der Waals surface area contributed by atoms with Crippen LogP contribution in [0.3, 0.4) is 0 Å². The lowest BCUT2D eigenvalue weighted by Gasteiger charge is -2.35. The van der Waals surface area contributed by atoms with Crippen molar-refractivity contribution in [2.24, 2.45) is 5.41 Å². The van der Waals surface area contributed by atoms with Crippen molar-refractivity contribution in [3.63, 3.8) is 0 Å². The molecule has 2 aliphatic heterocycles. The minimum atomic E-state index is -4.88. The Kier molecular flexibility index (Phi) is 15.2. The van der Waals surface area contributed by atoms with Crippen molar-refractivity contribution in [1.82, 2.24) is 20.5 Å². The number of nitrogens with one attached hydrogen (secondary N) is 2. The number of ether oxygens (including phenoxy) is 2. The molecule has 2 fully saturated rings. The Morgan fingerprint density at radius 2 is 1.61 bits per heavy atom. The summed E-state index contributed by atoms with van der Waals surface area (Å²) in [5, 5.41) is 25.7. The first kappa shape index (κ1) is 51.5. The monoisotopic (exact) mass is 993 g/mol. The van der Waals surface area contributed by atoms with E-state index in [0.29, 0.717) is 41.0 Å². The smallest absolute Gasteiger partial charge is 0.417 e. The van der Waals surface area contributed by atoms with Crippen molar-refractivity contribution >= 4 is 52.4 Å². The minimum absolute atomic E-state index is 0.0480. The van der Waals surface area contributed by atoms with Crippen molar-refractivity contribution in [3.05, 3.63) is 124 Å². The van der Waals surface area contributed by atoms with E-state index >= 15 is 0 Å². The van der Waals surface area contributed by atoms with Gasteiger partial charge >= 0.3 is 12.2 Å². The summed E-state index contributed by atoms with van der Waals surface area (Å²) in [6.45, 7) is 11.0. The molecule has 0 saturated carbocycles. The molecule has 5 aromatic rings. The van der Waals surface area contributed by atoms with Gasteiger partial charge in [-0.05, 0) is 105 Å². The number of carbonyl (C=O) groups excluding carboxylic acids is 5. The van der Waals surface area contributed by atoms with Gasteiger partial charge in [0, 0.05) is 25.2 Å². The Labute approximate surface area is 413 Å². The van der Waals surface area contributed by atoms with Crippen LogP contribution in [0.25, 0.3) is 10.4 Å². The maximum Gasteiger partial charge on any atom is 0.417 e. The standard InChI is InChI=1S/C52H54F3N7O8S/c1-31-43(71-30-58-31)33-15-13-32(14-16-33)28-57-46(65)41-26-37(63)29-60(41)47(66)44(50(2,3)4)59-45(64)39-11-7-8-12-42(39)70-24-10-9-23-69-38-21-19-35(20-22-38)62-49(68)61(48(67)51(62,5)6)36-18-17-34(27-56)40(25-36)52(53,54)55/h7-8,11-22,25,30,37,41,44,63H,9-10,23-24,26,28-29H2,1-6H3,(H,57,65)(H,59,64)/t37-,41+,44?/m1/s1. The molecule has 2 saturated heterocycles. The molecule has 1 aromatic heterocycles. The molecule has 3 atom stereocenters. The van der Waals surface area contributed by atoms with E-state index in [9.17, 15) is 47.5 Å². The molecule has 1 unspecified atom stereocenters. The molecule has 15 nitrogen and oxygen atoms in total. The van der Waals surface area contributed by atoms with Gasteiger partial charge in [0.25, 0.3) is 11.8 Å². The first-order chi connectivity index (χ1) is 33.6. The summed E-state index contributed by atoms with van der Waals surface area (Å²) in [5.74, 6) is -1.47. The SMILES string of the molecule is Cc1ncsc1-c1ccc(CNC(=O)[C@@H]2C[C@@H](O)CN2C(=O)C(NC(=O)c2ccccc2OCCCCOc2ccc(N3C(=O)N(c4ccc(C#N)c(C(F)(F)F)c4)C(=O)C3(C)C)cc2)C(C)(C)C)cc1. The molecular formula is C52H54F3N7O8S. The third kappa shape index (κ3) is 11.3. The van der Waals surface area contributed by atoms with E-state index in [1.54, 1.807) is 86.1 Å². The van der Waals surface area contributed by atoms with Crippen LogP contribution in [0, 0.1) is 23.7 Å². The number of amides is 6. The van der Waals surface area contributed by atoms with Gasteiger partial charge in [0.15, 0.2) is 0 Å². The number of aliphatic hydroxyl groups excluding tert-OH is 1. The third-order valence-electron chi connectivity index (χ3n) is 12.3. The number of aliphatic hydroxyl groups is 1. The summed E-state index contributed by atoms with van der Waals surface area (Å²) in [5.41, 5.74) is 0.662. The highest BCUT2D eigenvalue weighted by molar-refractivity contribution is 7.13. The van der Waals surface area contributed by atoms with Gasteiger partial charge in [-0.2, -0.15) is 18.4 Å². The zero-order valence-corrected chi connectivity index (χ0v) is 40.8. The summed E-state index contributed by atoms with van der Waals surface area (Å²) in [7, 11) is 0. The molecule has 0 aliphatic carbocycles. The number of rotatable bonds is 16. The van der Waals surface area contributed by atoms with Gasteiger partial charge in [-0.25, -0.2) is 14.7 Å². The number of imide groups is 1. The van der Waals surface area contributed by atoms with E-state index in [-0.39, 0.29) is 44.0 Å². The van der Waals surface area contributed by atoms with Gasteiger partial charge in [0.1, 0.15) is 29.1 Å². The van der Waals surface area contributed by atoms with Crippen molar-refractivity contribution in [1.29, 1.82) is 5.26 Å². The number of benzene rings is 4. The highest BCUT2D eigenvalue weighted by Gasteiger charge is 2.53. The number of likely N-dealkylation sites (tertiary alicyclic amines) is 1. The molecule has 0 spiro atoms. The van der Waals surface area contributed by atoms with Crippen molar-refractivity contribution < 1.29 is 51.7 Å². The molecule has 0 radical (unpaired) electrons. The summed E-state index contributed by atoms with van der Waals surface area (Å²) < 4.78 is 53.1. The number of carbonyl (C=O) groups is 5. The maximum absolute atomic E-state index is 14.3. The summed E-state index contributed by atoms with van der Waals surface area (Å²) in [6.07, 6.45) is -4.70. The lowest BCUT2D eigenvalue weighted by atomic mass is 9.85. The Balaban J connectivity index is 0.906. The second-order valence-electron chi connectivity index (χ2n) is 18.9. The van der Waals surface area contributed by atoms with Crippen LogP contribution < -0.4 is 29.9 Å².